The van der Waals surface area contributed by atoms with E-state index in [4.69, 9.17) is 4.74 Å². The lowest BCUT2D eigenvalue weighted by atomic mass is 10.5. The highest BCUT2D eigenvalue weighted by Crippen LogP contribution is 2.08. The minimum absolute atomic E-state index is 0.572. The van der Waals surface area contributed by atoms with Gasteiger partial charge in [0.05, 0.1) is 12.4 Å². The van der Waals surface area contributed by atoms with E-state index in [-0.39, 0.29) is 0 Å². The van der Waals surface area contributed by atoms with Crippen molar-refractivity contribution >= 4 is 5.82 Å². The van der Waals surface area contributed by atoms with E-state index in [2.05, 4.69) is 27.1 Å². The highest BCUT2D eigenvalue weighted by molar-refractivity contribution is 5.32. The Bertz CT molecular complexity index is 304. The van der Waals surface area contributed by atoms with Crippen molar-refractivity contribution < 1.29 is 4.74 Å². The summed E-state index contributed by atoms with van der Waals surface area (Å²) in [6.07, 6.45) is 4.40. The zero-order chi connectivity index (χ0) is 11.8. The van der Waals surface area contributed by atoms with Gasteiger partial charge >= 0.3 is 0 Å². The molecule has 90 valence electrons. The Kier molecular flexibility index (Phi) is 5.56. The van der Waals surface area contributed by atoms with Crippen LogP contribution in [-0.4, -0.2) is 48.7 Å². The summed E-state index contributed by atoms with van der Waals surface area (Å²) in [4.78, 5) is 10.4. The average molecular weight is 224 g/mol. The molecule has 0 unspecified atom stereocenters. The number of aromatic nitrogens is 2. The van der Waals surface area contributed by atoms with Gasteiger partial charge in [0.1, 0.15) is 12.4 Å². The van der Waals surface area contributed by atoms with Gasteiger partial charge in [-0.2, -0.15) is 4.98 Å². The summed E-state index contributed by atoms with van der Waals surface area (Å²) in [5.41, 5.74) is 0. The van der Waals surface area contributed by atoms with Gasteiger partial charge in [-0.25, -0.2) is 0 Å². The number of hydrogen-bond acceptors (Lipinski definition) is 5. The maximum atomic E-state index is 5.48. The molecule has 0 aliphatic heterocycles. The predicted molar refractivity (Wildman–Crippen MR) is 64.9 cm³/mol. The summed E-state index contributed by atoms with van der Waals surface area (Å²) >= 11 is 0. The fourth-order valence-corrected chi connectivity index (χ4v) is 1.09. The Morgan fingerprint density at radius 2 is 2.19 bits per heavy atom. The van der Waals surface area contributed by atoms with E-state index in [1.165, 1.54) is 0 Å². The van der Waals surface area contributed by atoms with Crippen molar-refractivity contribution in [2.24, 2.45) is 0 Å². The van der Waals surface area contributed by atoms with Crippen LogP contribution < -0.4 is 10.1 Å². The quantitative estimate of drug-likeness (QED) is 0.755. The van der Waals surface area contributed by atoms with Crippen molar-refractivity contribution in [3.05, 3.63) is 12.4 Å². The lowest BCUT2D eigenvalue weighted by molar-refractivity contribution is 0.253. The van der Waals surface area contributed by atoms with E-state index in [0.717, 1.165) is 25.3 Å². The fourth-order valence-electron chi connectivity index (χ4n) is 1.09. The third-order valence-corrected chi connectivity index (χ3v) is 1.96. The molecule has 0 atom stereocenters. The molecule has 1 N–H and O–H groups in total. The first-order valence-electron chi connectivity index (χ1n) is 5.56. The summed E-state index contributed by atoms with van der Waals surface area (Å²) in [5, 5.41) is 3.17. The van der Waals surface area contributed by atoms with Gasteiger partial charge in [0.15, 0.2) is 0 Å². The van der Waals surface area contributed by atoms with Crippen LogP contribution in [0.1, 0.15) is 13.3 Å². The number of nitrogens with one attached hydrogen (secondary N) is 1. The summed E-state index contributed by atoms with van der Waals surface area (Å²) in [5.74, 6) is 1.34. The number of nitrogens with zero attached hydrogens (tertiary/aromatic N) is 3. The topological polar surface area (TPSA) is 50.3 Å². The van der Waals surface area contributed by atoms with Gasteiger partial charge in [0.2, 0.25) is 5.88 Å². The molecule has 5 nitrogen and oxygen atoms in total. The van der Waals surface area contributed by atoms with Crippen LogP contribution in [0.15, 0.2) is 12.4 Å². The largest absolute Gasteiger partial charge is 0.475 e. The van der Waals surface area contributed by atoms with Crippen LogP contribution >= 0.6 is 0 Å². The van der Waals surface area contributed by atoms with E-state index in [1.54, 1.807) is 12.4 Å². The van der Waals surface area contributed by atoms with E-state index in [1.807, 2.05) is 14.1 Å². The predicted octanol–water partition coefficient (Wildman–Crippen LogP) is 1.24. The SMILES string of the molecule is CCCNc1cncc(OCCN(C)C)n1. The molecule has 0 aliphatic carbocycles. The molecule has 16 heavy (non-hydrogen) atoms. The molecule has 0 aromatic carbocycles. The van der Waals surface area contributed by atoms with Crippen molar-refractivity contribution in [3.8, 4) is 5.88 Å². The molecule has 1 aromatic heterocycles. The monoisotopic (exact) mass is 224 g/mol. The molecule has 0 saturated heterocycles. The highest BCUT2D eigenvalue weighted by Gasteiger charge is 1.99. The Morgan fingerprint density at radius 3 is 2.88 bits per heavy atom. The molecule has 5 heteroatoms. The van der Waals surface area contributed by atoms with Gasteiger partial charge in [-0.15, -0.1) is 0 Å². The first-order chi connectivity index (χ1) is 7.72. The van der Waals surface area contributed by atoms with Gasteiger partial charge in [0, 0.05) is 13.1 Å². The second-order valence-electron chi connectivity index (χ2n) is 3.82. The van der Waals surface area contributed by atoms with Crippen LogP contribution in [0.5, 0.6) is 5.88 Å². The molecular weight excluding hydrogens is 204 g/mol. The van der Waals surface area contributed by atoms with Crippen LogP contribution in [0.25, 0.3) is 0 Å². The van der Waals surface area contributed by atoms with Crippen LogP contribution in [0.3, 0.4) is 0 Å². The third kappa shape index (κ3) is 4.93. The first kappa shape index (κ1) is 12.7. The average Bonchev–Trinajstić information content (AvgIpc) is 2.26. The standard InChI is InChI=1S/C11H20N4O/c1-4-5-13-10-8-12-9-11(14-10)16-7-6-15(2)3/h8-9H,4-7H2,1-3H3,(H,13,14). The maximum absolute atomic E-state index is 5.48. The number of hydrogen-bond donors (Lipinski definition) is 1. The Hall–Kier alpha value is -1.36. The number of anilines is 1. The minimum atomic E-state index is 0.572. The molecule has 0 amide bonds. The second-order valence-corrected chi connectivity index (χ2v) is 3.82. The third-order valence-electron chi connectivity index (χ3n) is 1.96. The lowest BCUT2D eigenvalue weighted by Gasteiger charge is -2.10. The molecule has 0 bridgehead atoms. The van der Waals surface area contributed by atoms with Crippen molar-refractivity contribution in [1.82, 2.24) is 14.9 Å². The van der Waals surface area contributed by atoms with Crippen molar-refractivity contribution in [3.63, 3.8) is 0 Å². The summed E-state index contributed by atoms with van der Waals surface area (Å²) < 4.78 is 5.48. The smallest absolute Gasteiger partial charge is 0.234 e. The van der Waals surface area contributed by atoms with Gasteiger partial charge in [-0.05, 0) is 20.5 Å². The molecule has 1 heterocycles. The van der Waals surface area contributed by atoms with E-state index >= 15 is 0 Å². The van der Waals surface area contributed by atoms with Gasteiger partial charge in [-0.1, -0.05) is 6.92 Å². The van der Waals surface area contributed by atoms with Gasteiger partial charge < -0.3 is 15.0 Å². The zero-order valence-electron chi connectivity index (χ0n) is 10.2. The Labute approximate surface area is 96.8 Å². The van der Waals surface area contributed by atoms with E-state index < -0.39 is 0 Å². The number of likely N-dealkylation sites (N-methyl/N-ethyl adjacent to an activating group) is 1. The minimum Gasteiger partial charge on any atom is -0.475 e. The van der Waals surface area contributed by atoms with Crippen LogP contribution in [0.2, 0.25) is 0 Å². The lowest BCUT2D eigenvalue weighted by Crippen LogP contribution is -2.19. The molecule has 1 aromatic rings. The molecule has 0 aliphatic rings. The molecule has 0 saturated carbocycles. The summed E-state index contributed by atoms with van der Waals surface area (Å²) in [6, 6.07) is 0. The van der Waals surface area contributed by atoms with Crippen molar-refractivity contribution in [2.75, 3.05) is 39.1 Å². The second kappa shape index (κ2) is 7.00. The van der Waals surface area contributed by atoms with Crippen LogP contribution in [0.4, 0.5) is 5.82 Å². The van der Waals surface area contributed by atoms with Gasteiger partial charge in [0.25, 0.3) is 0 Å². The van der Waals surface area contributed by atoms with Crippen molar-refractivity contribution in [1.29, 1.82) is 0 Å². The fraction of sp³-hybridized carbons (Fsp3) is 0.636. The normalized spacial score (nSPS) is 10.5. The van der Waals surface area contributed by atoms with Gasteiger partial charge in [-0.3, -0.25) is 4.98 Å². The number of rotatable bonds is 7. The summed E-state index contributed by atoms with van der Waals surface area (Å²) in [7, 11) is 4.02. The Balaban J connectivity index is 2.40. The molecule has 0 fully saturated rings. The zero-order valence-corrected chi connectivity index (χ0v) is 10.2. The molecular formula is C11H20N4O. The van der Waals surface area contributed by atoms with E-state index in [9.17, 15) is 0 Å². The maximum Gasteiger partial charge on any atom is 0.234 e. The Morgan fingerprint density at radius 1 is 1.38 bits per heavy atom. The number of ether oxygens (including phenoxy) is 1. The van der Waals surface area contributed by atoms with Crippen LogP contribution in [-0.2, 0) is 0 Å². The van der Waals surface area contributed by atoms with E-state index in [0.29, 0.717) is 12.5 Å². The molecule has 0 spiro atoms. The molecule has 1 rings (SSSR count). The van der Waals surface area contributed by atoms with Crippen LogP contribution in [0, 0.1) is 0 Å². The highest BCUT2D eigenvalue weighted by atomic mass is 16.5. The molecule has 0 radical (unpaired) electrons. The van der Waals surface area contributed by atoms with Crippen molar-refractivity contribution in [2.45, 2.75) is 13.3 Å². The first-order valence-corrected chi connectivity index (χ1v) is 5.56. The summed E-state index contributed by atoms with van der Waals surface area (Å²) in [6.45, 7) is 4.50.